The number of carbonyl (C=O) groups is 1. The van der Waals surface area contributed by atoms with E-state index in [1.165, 1.54) is 18.4 Å². The molecule has 108 valence electrons. The van der Waals surface area contributed by atoms with Gasteiger partial charge in [0.1, 0.15) is 0 Å². The number of amides is 1. The summed E-state index contributed by atoms with van der Waals surface area (Å²) in [7, 11) is 0. The molecule has 0 bridgehead atoms. The number of likely N-dealkylation sites (tertiary alicyclic amines) is 1. The molecule has 1 aliphatic carbocycles. The Bertz CT molecular complexity index is 481. The number of hydrogen-bond donors (Lipinski definition) is 1. The summed E-state index contributed by atoms with van der Waals surface area (Å²) in [4.78, 5) is 14.3. The third kappa shape index (κ3) is 3.33. The van der Waals surface area contributed by atoms with E-state index in [0.29, 0.717) is 6.54 Å². The van der Waals surface area contributed by atoms with Gasteiger partial charge in [0.05, 0.1) is 6.04 Å². The van der Waals surface area contributed by atoms with Crippen molar-refractivity contribution in [3.63, 3.8) is 0 Å². The monoisotopic (exact) mass is 292 g/mol. The van der Waals surface area contributed by atoms with Gasteiger partial charge in [-0.15, -0.1) is 0 Å². The smallest absolute Gasteiger partial charge is 0.223 e. The molecule has 1 amide bonds. The summed E-state index contributed by atoms with van der Waals surface area (Å²) in [6.45, 7) is 2.91. The molecule has 3 rings (SSSR count). The summed E-state index contributed by atoms with van der Waals surface area (Å²) in [5.74, 6) is 0.491. The molecule has 0 aromatic heterocycles. The van der Waals surface area contributed by atoms with E-state index < -0.39 is 0 Å². The molecule has 2 fully saturated rings. The maximum absolute atomic E-state index is 11.9. The molecule has 3 nitrogen and oxygen atoms in total. The van der Waals surface area contributed by atoms with Crippen LogP contribution in [0.2, 0.25) is 5.02 Å². The van der Waals surface area contributed by atoms with Crippen molar-refractivity contribution in [2.75, 3.05) is 19.6 Å². The second kappa shape index (κ2) is 6.15. The summed E-state index contributed by atoms with van der Waals surface area (Å²) in [6, 6.07) is 8.27. The maximum Gasteiger partial charge on any atom is 0.223 e. The van der Waals surface area contributed by atoms with Crippen LogP contribution < -0.4 is 5.32 Å². The van der Waals surface area contributed by atoms with E-state index in [0.717, 1.165) is 31.0 Å². The van der Waals surface area contributed by atoms with Gasteiger partial charge in [0.2, 0.25) is 5.91 Å². The Morgan fingerprint density at radius 3 is 2.75 bits per heavy atom. The number of halogens is 1. The molecule has 1 heterocycles. The second-order valence-corrected chi connectivity index (χ2v) is 6.27. The van der Waals surface area contributed by atoms with Crippen molar-refractivity contribution >= 4 is 17.5 Å². The van der Waals surface area contributed by atoms with Crippen LogP contribution >= 0.6 is 11.6 Å². The molecule has 1 atom stereocenters. The Labute approximate surface area is 125 Å². The van der Waals surface area contributed by atoms with Gasteiger partial charge < -0.3 is 5.32 Å². The van der Waals surface area contributed by atoms with Crippen molar-refractivity contribution in [2.24, 2.45) is 5.92 Å². The van der Waals surface area contributed by atoms with Gasteiger partial charge in [-0.25, -0.2) is 0 Å². The minimum Gasteiger partial charge on any atom is -0.354 e. The van der Waals surface area contributed by atoms with E-state index in [2.05, 4.69) is 16.3 Å². The molecule has 1 aromatic rings. The molecule has 0 radical (unpaired) electrons. The van der Waals surface area contributed by atoms with Gasteiger partial charge in [0, 0.05) is 17.5 Å². The zero-order chi connectivity index (χ0) is 13.9. The quantitative estimate of drug-likeness (QED) is 0.905. The molecule has 4 heteroatoms. The topological polar surface area (TPSA) is 32.3 Å². The summed E-state index contributed by atoms with van der Waals surface area (Å²) in [5.41, 5.74) is 1.20. The second-order valence-electron chi connectivity index (χ2n) is 5.83. The van der Waals surface area contributed by atoms with Gasteiger partial charge in [0.15, 0.2) is 0 Å². The van der Waals surface area contributed by atoms with Crippen LogP contribution in [-0.2, 0) is 4.79 Å². The van der Waals surface area contributed by atoms with E-state index in [1.807, 2.05) is 18.2 Å². The third-order valence-electron chi connectivity index (χ3n) is 4.23. The zero-order valence-electron chi connectivity index (χ0n) is 11.6. The Morgan fingerprint density at radius 2 is 2.10 bits per heavy atom. The fraction of sp³-hybridized carbons (Fsp3) is 0.562. The van der Waals surface area contributed by atoms with Gasteiger partial charge in [-0.05, 0) is 56.5 Å². The summed E-state index contributed by atoms with van der Waals surface area (Å²) in [6.07, 6.45) is 4.59. The van der Waals surface area contributed by atoms with Crippen LogP contribution in [0.25, 0.3) is 0 Å². The largest absolute Gasteiger partial charge is 0.354 e. The molecule has 1 N–H and O–H groups in total. The highest BCUT2D eigenvalue weighted by Crippen LogP contribution is 2.30. The molecule has 1 aliphatic heterocycles. The van der Waals surface area contributed by atoms with Gasteiger partial charge in [-0.3, -0.25) is 9.69 Å². The molecule has 20 heavy (non-hydrogen) atoms. The van der Waals surface area contributed by atoms with Crippen LogP contribution in [0.1, 0.15) is 37.3 Å². The lowest BCUT2D eigenvalue weighted by Gasteiger charge is -2.28. The first-order chi connectivity index (χ1) is 9.74. The molecule has 1 saturated carbocycles. The fourth-order valence-electron chi connectivity index (χ4n) is 2.91. The van der Waals surface area contributed by atoms with Crippen molar-refractivity contribution in [1.29, 1.82) is 0 Å². The molecule has 0 spiro atoms. The van der Waals surface area contributed by atoms with Crippen LogP contribution in [0.15, 0.2) is 24.3 Å². The minimum atomic E-state index is 0.219. The fourth-order valence-corrected chi connectivity index (χ4v) is 3.11. The molecular weight excluding hydrogens is 272 g/mol. The van der Waals surface area contributed by atoms with Crippen molar-refractivity contribution in [1.82, 2.24) is 10.2 Å². The molecular formula is C16H21ClN2O. The van der Waals surface area contributed by atoms with Crippen molar-refractivity contribution in [3.8, 4) is 0 Å². The normalized spacial score (nSPS) is 20.9. The first-order valence-corrected chi connectivity index (χ1v) is 7.89. The highest BCUT2D eigenvalue weighted by Gasteiger charge is 2.31. The number of nitrogens with zero attached hydrogens (tertiary/aromatic N) is 1. The third-order valence-corrected chi connectivity index (χ3v) is 4.47. The number of rotatable bonds is 5. The van der Waals surface area contributed by atoms with Gasteiger partial charge >= 0.3 is 0 Å². The van der Waals surface area contributed by atoms with E-state index in [9.17, 15) is 4.79 Å². The van der Waals surface area contributed by atoms with Gasteiger partial charge in [0.25, 0.3) is 0 Å². The predicted molar refractivity (Wildman–Crippen MR) is 80.7 cm³/mol. The molecule has 2 aliphatic rings. The number of nitrogens with one attached hydrogen (secondary N) is 1. The lowest BCUT2D eigenvalue weighted by molar-refractivity contribution is -0.122. The van der Waals surface area contributed by atoms with Crippen LogP contribution in [0, 0.1) is 5.92 Å². The highest BCUT2D eigenvalue weighted by molar-refractivity contribution is 6.30. The summed E-state index contributed by atoms with van der Waals surface area (Å²) in [5, 5.41) is 3.88. The molecule has 1 saturated heterocycles. The van der Waals surface area contributed by atoms with Gasteiger partial charge in [-0.2, -0.15) is 0 Å². The van der Waals surface area contributed by atoms with Crippen LogP contribution in [0.5, 0.6) is 0 Å². The van der Waals surface area contributed by atoms with E-state index in [4.69, 9.17) is 11.6 Å². The van der Waals surface area contributed by atoms with Gasteiger partial charge in [-0.1, -0.05) is 23.7 Å². The standard InChI is InChI=1S/C16H21ClN2O/c17-14-5-3-4-13(10-14)15(19-8-1-2-9-19)11-18-16(20)12-6-7-12/h3-5,10,12,15H,1-2,6-9,11H2,(H,18,20). The van der Waals surface area contributed by atoms with Crippen LogP contribution in [0.4, 0.5) is 0 Å². The first kappa shape index (κ1) is 13.9. The van der Waals surface area contributed by atoms with Crippen LogP contribution in [0.3, 0.4) is 0 Å². The van der Waals surface area contributed by atoms with E-state index >= 15 is 0 Å². The average molecular weight is 293 g/mol. The first-order valence-electron chi connectivity index (χ1n) is 7.51. The Kier molecular flexibility index (Phi) is 4.27. The molecule has 1 unspecified atom stereocenters. The molecule has 1 aromatic carbocycles. The van der Waals surface area contributed by atoms with Crippen molar-refractivity contribution in [3.05, 3.63) is 34.9 Å². The minimum absolute atomic E-state index is 0.219. The Morgan fingerprint density at radius 1 is 1.35 bits per heavy atom. The SMILES string of the molecule is O=C(NCC(c1cccc(Cl)c1)N1CCCC1)C1CC1. The zero-order valence-corrected chi connectivity index (χ0v) is 12.4. The Balaban J connectivity index is 1.70. The van der Waals surface area contributed by atoms with Crippen molar-refractivity contribution < 1.29 is 4.79 Å². The van der Waals surface area contributed by atoms with Crippen molar-refractivity contribution in [2.45, 2.75) is 31.7 Å². The lowest BCUT2D eigenvalue weighted by atomic mass is 10.1. The number of carbonyl (C=O) groups excluding carboxylic acids is 1. The van der Waals surface area contributed by atoms with Crippen LogP contribution in [-0.4, -0.2) is 30.4 Å². The van der Waals surface area contributed by atoms with E-state index in [-0.39, 0.29) is 17.9 Å². The number of hydrogen-bond acceptors (Lipinski definition) is 2. The summed E-state index contributed by atoms with van der Waals surface area (Å²) < 4.78 is 0. The Hall–Kier alpha value is -1.06. The number of benzene rings is 1. The van der Waals surface area contributed by atoms with E-state index in [1.54, 1.807) is 0 Å². The highest BCUT2D eigenvalue weighted by atomic mass is 35.5. The lowest BCUT2D eigenvalue weighted by Crippen LogP contribution is -2.37. The average Bonchev–Trinajstić information content (AvgIpc) is 3.16. The predicted octanol–water partition coefficient (Wildman–Crippen LogP) is 3.00. The summed E-state index contributed by atoms with van der Waals surface area (Å²) >= 11 is 6.11. The maximum atomic E-state index is 11.9.